The summed E-state index contributed by atoms with van der Waals surface area (Å²) < 4.78 is 10.6. The molecule has 10 rings (SSSR count). The summed E-state index contributed by atoms with van der Waals surface area (Å²) >= 11 is 0. The molecule has 3 saturated heterocycles. The van der Waals surface area contributed by atoms with Gasteiger partial charge < -0.3 is 34.7 Å². The number of hydrogen-bond donors (Lipinski definition) is 2. The molecule has 2 bridgehead atoms. The van der Waals surface area contributed by atoms with Crippen molar-refractivity contribution < 1.29 is 14.3 Å². The molecule has 11 heteroatoms. The van der Waals surface area contributed by atoms with E-state index in [9.17, 15) is 9.59 Å². The first-order valence-corrected chi connectivity index (χ1v) is 18.6. The predicted octanol–water partition coefficient (Wildman–Crippen LogP) is 6.37. The zero-order valence-corrected chi connectivity index (χ0v) is 29.4. The fourth-order valence-corrected chi connectivity index (χ4v) is 9.04. The standard InChI is InChI=1S/C40H46N8O3/c1-45-37-33(17-28(19-35(37)51-2)39(49)47-23-27-10-11-30(47)20-32(27)41)44-38(45)34-18-26-5-3-7-31(36(26)48(34)22-24-8-9-24)25-12-15-46(16-13-25)40(50)43-29-6-4-14-42-21-29/h3-7,14,17-19,21,24-25,27,30,32H,8-13,15-16,20,22-23,41H2,1-2H3,(H,43,50)/t27-,30-,32+/m1/s1. The van der Waals surface area contributed by atoms with Gasteiger partial charge in [-0.3, -0.25) is 9.78 Å². The van der Waals surface area contributed by atoms with Gasteiger partial charge in [0.15, 0.2) is 5.82 Å². The van der Waals surface area contributed by atoms with Crippen molar-refractivity contribution in [2.75, 3.05) is 32.1 Å². The summed E-state index contributed by atoms with van der Waals surface area (Å²) in [6.07, 6.45) is 10.6. The van der Waals surface area contributed by atoms with Gasteiger partial charge in [0.25, 0.3) is 5.91 Å². The molecule has 3 aliphatic heterocycles. The van der Waals surface area contributed by atoms with E-state index in [1.807, 2.05) is 41.1 Å². The molecule has 5 fully saturated rings. The number of ether oxygens (including phenoxy) is 1. The van der Waals surface area contributed by atoms with Gasteiger partial charge in [0, 0.05) is 62.5 Å². The van der Waals surface area contributed by atoms with Crippen molar-refractivity contribution in [2.45, 2.75) is 69.5 Å². The lowest BCUT2D eigenvalue weighted by Crippen LogP contribution is -2.58. The highest BCUT2D eigenvalue weighted by molar-refractivity contribution is 6.00. The summed E-state index contributed by atoms with van der Waals surface area (Å²) in [6, 6.07) is 16.8. The number of piperidine rings is 3. The molecule has 6 heterocycles. The molecular weight excluding hydrogens is 640 g/mol. The average molecular weight is 687 g/mol. The fraction of sp³-hybridized carbons (Fsp3) is 0.450. The highest BCUT2D eigenvalue weighted by atomic mass is 16.5. The van der Waals surface area contributed by atoms with Crippen LogP contribution >= 0.6 is 0 Å². The molecule has 0 radical (unpaired) electrons. The monoisotopic (exact) mass is 686 g/mol. The molecule has 0 unspecified atom stereocenters. The molecule has 5 aromatic rings. The molecule has 3 N–H and O–H groups in total. The van der Waals surface area contributed by atoms with E-state index in [0.717, 1.165) is 67.7 Å². The molecule has 0 spiro atoms. The number of urea groups is 1. The number of methoxy groups -OCH3 is 1. The number of imidazole rings is 1. The number of carbonyl (C=O) groups is 2. The smallest absolute Gasteiger partial charge is 0.321 e. The number of benzene rings is 2. The zero-order chi connectivity index (χ0) is 34.8. The van der Waals surface area contributed by atoms with Gasteiger partial charge in [0.1, 0.15) is 11.3 Å². The molecule has 264 valence electrons. The molecular formula is C40H46N8O3. The molecule has 5 aliphatic rings. The van der Waals surface area contributed by atoms with Crippen molar-refractivity contribution in [2.24, 2.45) is 24.6 Å². The first kappa shape index (κ1) is 32.0. The van der Waals surface area contributed by atoms with E-state index in [4.69, 9.17) is 15.5 Å². The second-order valence-electron chi connectivity index (χ2n) is 15.2. The number of anilines is 1. The maximum Gasteiger partial charge on any atom is 0.321 e. The third-order valence-electron chi connectivity index (χ3n) is 12.0. The van der Waals surface area contributed by atoms with Gasteiger partial charge in [-0.1, -0.05) is 18.2 Å². The number of para-hydroxylation sites is 1. The van der Waals surface area contributed by atoms with Crippen molar-refractivity contribution in [1.82, 2.24) is 28.9 Å². The average Bonchev–Trinajstić information content (AvgIpc) is 3.83. The Labute approximate surface area is 297 Å². The van der Waals surface area contributed by atoms with E-state index < -0.39 is 0 Å². The molecule has 11 nitrogen and oxygen atoms in total. The van der Waals surface area contributed by atoms with Gasteiger partial charge in [0.2, 0.25) is 0 Å². The summed E-state index contributed by atoms with van der Waals surface area (Å²) in [5.74, 6) is 2.91. The van der Waals surface area contributed by atoms with E-state index in [1.165, 1.54) is 29.3 Å². The van der Waals surface area contributed by atoms with Crippen LogP contribution in [0.5, 0.6) is 5.75 Å². The lowest BCUT2D eigenvalue weighted by atomic mass is 9.76. The van der Waals surface area contributed by atoms with Crippen LogP contribution in [0.3, 0.4) is 0 Å². The molecule has 3 amide bonds. The Morgan fingerprint density at radius 2 is 1.84 bits per heavy atom. The summed E-state index contributed by atoms with van der Waals surface area (Å²) in [6.45, 7) is 3.05. The summed E-state index contributed by atoms with van der Waals surface area (Å²) in [7, 11) is 3.72. The number of nitrogens with two attached hydrogens (primary N) is 1. The third kappa shape index (κ3) is 5.71. The van der Waals surface area contributed by atoms with E-state index in [0.29, 0.717) is 47.8 Å². The van der Waals surface area contributed by atoms with Crippen molar-refractivity contribution >= 4 is 39.6 Å². The number of carbonyl (C=O) groups excluding carboxylic acids is 2. The van der Waals surface area contributed by atoms with Crippen LogP contribution in [-0.4, -0.2) is 79.7 Å². The lowest BCUT2D eigenvalue weighted by molar-refractivity contribution is 0.0261. The van der Waals surface area contributed by atoms with Crippen LogP contribution in [0.2, 0.25) is 0 Å². The number of nitrogens with one attached hydrogen (secondary N) is 1. The molecule has 2 aromatic carbocycles. The minimum Gasteiger partial charge on any atom is -0.494 e. The Hall–Kier alpha value is -4.90. The lowest BCUT2D eigenvalue weighted by Gasteiger charge is -2.48. The fourth-order valence-electron chi connectivity index (χ4n) is 9.04. The van der Waals surface area contributed by atoms with Crippen LogP contribution in [0.1, 0.15) is 66.8 Å². The largest absolute Gasteiger partial charge is 0.494 e. The van der Waals surface area contributed by atoms with E-state index in [-0.39, 0.29) is 24.0 Å². The molecule has 3 atom stereocenters. The molecule has 51 heavy (non-hydrogen) atoms. The molecule has 2 saturated carbocycles. The van der Waals surface area contributed by atoms with E-state index in [1.54, 1.807) is 19.5 Å². The minimum atomic E-state index is -0.0754. The predicted molar refractivity (Wildman–Crippen MR) is 198 cm³/mol. The van der Waals surface area contributed by atoms with Crippen LogP contribution in [0.15, 0.2) is 60.9 Å². The maximum atomic E-state index is 14.0. The Morgan fingerprint density at radius 3 is 2.55 bits per heavy atom. The molecule has 3 aromatic heterocycles. The highest BCUT2D eigenvalue weighted by Crippen LogP contribution is 2.42. The van der Waals surface area contributed by atoms with E-state index >= 15 is 0 Å². The normalized spacial score (nSPS) is 22.2. The van der Waals surface area contributed by atoms with Crippen LogP contribution in [0, 0.1) is 11.8 Å². The van der Waals surface area contributed by atoms with Gasteiger partial charge in [0.05, 0.1) is 35.7 Å². The number of rotatable bonds is 7. The van der Waals surface area contributed by atoms with Gasteiger partial charge in [-0.05, 0) is 98.6 Å². The second-order valence-corrected chi connectivity index (χ2v) is 15.2. The topological polar surface area (TPSA) is 124 Å². The second kappa shape index (κ2) is 12.7. The number of hydrogen-bond acceptors (Lipinski definition) is 6. The highest BCUT2D eigenvalue weighted by Gasteiger charge is 2.41. The number of amides is 3. The first-order chi connectivity index (χ1) is 24.9. The van der Waals surface area contributed by atoms with Gasteiger partial charge in [-0.25, -0.2) is 9.78 Å². The van der Waals surface area contributed by atoms with Crippen molar-refractivity contribution in [1.29, 1.82) is 0 Å². The maximum absolute atomic E-state index is 14.0. The summed E-state index contributed by atoms with van der Waals surface area (Å²) in [4.78, 5) is 40.3. The summed E-state index contributed by atoms with van der Waals surface area (Å²) in [5, 5.41) is 4.19. The number of likely N-dealkylation sites (tertiary alicyclic amines) is 1. The number of nitrogens with zero attached hydrogens (tertiary/aromatic N) is 6. The van der Waals surface area contributed by atoms with Gasteiger partial charge in [-0.2, -0.15) is 0 Å². The van der Waals surface area contributed by atoms with Crippen LogP contribution in [0.4, 0.5) is 10.5 Å². The van der Waals surface area contributed by atoms with Crippen LogP contribution < -0.4 is 15.8 Å². The summed E-state index contributed by atoms with van der Waals surface area (Å²) in [5.41, 5.74) is 13.0. The first-order valence-electron chi connectivity index (χ1n) is 18.6. The van der Waals surface area contributed by atoms with E-state index in [2.05, 4.69) is 43.7 Å². The number of fused-ring (bicyclic) bond motifs is 5. The molecule has 2 aliphatic carbocycles. The Kier molecular flexibility index (Phi) is 7.98. The Bertz CT molecular complexity index is 2130. The quantitative estimate of drug-likeness (QED) is 0.205. The minimum absolute atomic E-state index is 0.0390. The van der Waals surface area contributed by atoms with Crippen LogP contribution in [0.25, 0.3) is 33.5 Å². The van der Waals surface area contributed by atoms with Crippen molar-refractivity contribution in [3.05, 3.63) is 72.1 Å². The zero-order valence-electron chi connectivity index (χ0n) is 29.4. The third-order valence-corrected chi connectivity index (χ3v) is 12.0. The van der Waals surface area contributed by atoms with Crippen molar-refractivity contribution in [3.8, 4) is 17.3 Å². The van der Waals surface area contributed by atoms with Crippen molar-refractivity contribution in [3.63, 3.8) is 0 Å². The SMILES string of the molecule is COc1cc(C(=O)N2C[C@H]3CC[C@@H]2C[C@@H]3N)cc2nc(-c3cc4cccc(C5CCN(C(=O)Nc6cccnc6)CC5)c4n3CC3CC3)n(C)c12. The Balaban J connectivity index is 1.05. The van der Waals surface area contributed by atoms with Gasteiger partial charge in [-0.15, -0.1) is 0 Å². The Morgan fingerprint density at radius 1 is 1.00 bits per heavy atom. The van der Waals surface area contributed by atoms with Gasteiger partial charge >= 0.3 is 6.03 Å². The number of pyridine rings is 1. The number of aryl methyl sites for hydroxylation is 1. The number of aromatic nitrogens is 4. The van der Waals surface area contributed by atoms with Crippen LogP contribution in [-0.2, 0) is 13.6 Å².